The number of anilines is 1. The number of thiazole rings is 1. The van der Waals surface area contributed by atoms with Crippen molar-refractivity contribution in [2.45, 2.75) is 26.3 Å². The van der Waals surface area contributed by atoms with E-state index in [-0.39, 0.29) is 12.5 Å². The van der Waals surface area contributed by atoms with Crippen LogP contribution in [0.1, 0.15) is 16.1 Å². The van der Waals surface area contributed by atoms with Crippen molar-refractivity contribution in [1.29, 1.82) is 0 Å². The molecule has 0 saturated heterocycles. The molecule has 1 aromatic carbocycles. The van der Waals surface area contributed by atoms with Crippen LogP contribution in [0, 0.1) is 6.92 Å². The molecule has 0 unspecified atom stereocenters. The Hall–Kier alpha value is -1.60. The van der Waals surface area contributed by atoms with Crippen LogP contribution in [0.4, 0.5) is 5.13 Å². The monoisotopic (exact) mass is 408 g/mol. The van der Waals surface area contributed by atoms with E-state index in [9.17, 15) is 4.79 Å². The highest BCUT2D eigenvalue weighted by Crippen LogP contribution is 2.37. The number of hydrogen-bond acceptors (Lipinski definition) is 4. The molecule has 0 saturated carbocycles. The molecule has 2 aromatic heterocycles. The number of nitrogens with one attached hydrogen (secondary N) is 2. The van der Waals surface area contributed by atoms with E-state index in [1.807, 2.05) is 23.6 Å². The second-order valence-corrected chi connectivity index (χ2v) is 8.36. The van der Waals surface area contributed by atoms with E-state index in [0.717, 1.165) is 47.4 Å². The summed E-state index contributed by atoms with van der Waals surface area (Å²) in [6.07, 6.45) is 3.51. The number of halogens is 2. The van der Waals surface area contributed by atoms with Gasteiger partial charge in [0, 0.05) is 35.1 Å². The molecule has 0 atom stereocenters. The number of aromatic nitrogens is 2. The number of carbonyl (C=O) groups excluding carboxylic acids is 1. The quantitative estimate of drug-likeness (QED) is 0.687. The lowest BCUT2D eigenvalue weighted by molar-refractivity contribution is -0.116. The molecule has 5 nitrogen and oxygen atoms in total. The highest BCUT2D eigenvalue weighted by Gasteiger charge is 2.23. The first-order valence-corrected chi connectivity index (χ1v) is 10.0. The van der Waals surface area contributed by atoms with Crippen molar-refractivity contribution >= 4 is 56.5 Å². The smallest absolute Gasteiger partial charge is 0.246 e. The SMILES string of the molecule is Cc1cnc(NC(=O)Cn2c3c(c4ccc(Cl)c(Cl)c42)CCNCC3)s1. The van der Waals surface area contributed by atoms with Gasteiger partial charge in [-0.05, 0) is 31.5 Å². The lowest BCUT2D eigenvalue weighted by Crippen LogP contribution is -2.21. The minimum Gasteiger partial charge on any atom is -0.334 e. The number of amides is 1. The van der Waals surface area contributed by atoms with Gasteiger partial charge in [-0.1, -0.05) is 29.3 Å². The van der Waals surface area contributed by atoms with Crippen molar-refractivity contribution in [3.05, 3.63) is 44.5 Å². The molecule has 3 heterocycles. The van der Waals surface area contributed by atoms with E-state index in [4.69, 9.17) is 23.2 Å². The molecule has 1 amide bonds. The van der Waals surface area contributed by atoms with Gasteiger partial charge in [0.2, 0.25) is 5.91 Å². The van der Waals surface area contributed by atoms with Gasteiger partial charge in [-0.25, -0.2) is 4.98 Å². The number of hydrogen-bond donors (Lipinski definition) is 2. The number of fused-ring (bicyclic) bond motifs is 3. The first-order valence-electron chi connectivity index (χ1n) is 8.45. The Kier molecular flexibility index (Phi) is 4.92. The van der Waals surface area contributed by atoms with Gasteiger partial charge in [0.1, 0.15) is 6.54 Å². The first-order chi connectivity index (χ1) is 12.5. The second-order valence-electron chi connectivity index (χ2n) is 6.34. The maximum atomic E-state index is 12.6. The Morgan fingerprint density at radius 2 is 2.15 bits per heavy atom. The molecule has 1 aliphatic rings. The molecule has 4 rings (SSSR count). The Morgan fingerprint density at radius 3 is 2.92 bits per heavy atom. The largest absolute Gasteiger partial charge is 0.334 e. The van der Waals surface area contributed by atoms with Crippen LogP contribution in [0.15, 0.2) is 18.3 Å². The fourth-order valence-electron chi connectivity index (χ4n) is 3.50. The molecule has 0 bridgehead atoms. The Labute approximate surface area is 165 Å². The van der Waals surface area contributed by atoms with Crippen LogP contribution in [0.2, 0.25) is 10.0 Å². The molecule has 0 spiro atoms. The van der Waals surface area contributed by atoms with E-state index in [1.165, 1.54) is 16.9 Å². The molecule has 3 aromatic rings. The van der Waals surface area contributed by atoms with Gasteiger partial charge >= 0.3 is 0 Å². The lowest BCUT2D eigenvalue weighted by Gasteiger charge is -2.11. The summed E-state index contributed by atoms with van der Waals surface area (Å²) in [5.74, 6) is -0.118. The van der Waals surface area contributed by atoms with Crippen LogP contribution in [0.5, 0.6) is 0 Å². The molecule has 8 heteroatoms. The maximum absolute atomic E-state index is 12.6. The number of aryl methyl sites for hydroxylation is 1. The average molecular weight is 409 g/mol. The summed E-state index contributed by atoms with van der Waals surface area (Å²) in [4.78, 5) is 17.9. The fourth-order valence-corrected chi connectivity index (χ4v) is 4.60. The summed E-state index contributed by atoms with van der Waals surface area (Å²) in [5.41, 5.74) is 3.25. The van der Waals surface area contributed by atoms with Gasteiger partial charge in [-0.3, -0.25) is 4.79 Å². The number of benzene rings is 1. The topological polar surface area (TPSA) is 59.0 Å². The van der Waals surface area contributed by atoms with Crippen molar-refractivity contribution in [2.75, 3.05) is 18.4 Å². The van der Waals surface area contributed by atoms with Crippen LogP contribution < -0.4 is 10.6 Å². The zero-order chi connectivity index (χ0) is 18.3. The van der Waals surface area contributed by atoms with Crippen molar-refractivity contribution in [3.63, 3.8) is 0 Å². The van der Waals surface area contributed by atoms with Crippen LogP contribution in [-0.2, 0) is 24.2 Å². The normalized spacial score (nSPS) is 14.3. The van der Waals surface area contributed by atoms with Crippen molar-refractivity contribution in [3.8, 4) is 0 Å². The predicted molar refractivity (Wildman–Crippen MR) is 108 cm³/mol. The van der Waals surface area contributed by atoms with Gasteiger partial charge in [0.05, 0.1) is 15.6 Å². The third-order valence-corrected chi connectivity index (χ3v) is 6.22. The van der Waals surface area contributed by atoms with Gasteiger partial charge in [0.15, 0.2) is 5.13 Å². The van der Waals surface area contributed by atoms with Crippen LogP contribution >= 0.6 is 34.5 Å². The van der Waals surface area contributed by atoms with Crippen LogP contribution in [-0.4, -0.2) is 28.5 Å². The molecule has 2 N–H and O–H groups in total. The van der Waals surface area contributed by atoms with E-state index in [2.05, 4.69) is 15.6 Å². The van der Waals surface area contributed by atoms with Crippen molar-refractivity contribution in [2.24, 2.45) is 0 Å². The Balaban J connectivity index is 1.76. The fraction of sp³-hybridized carbons (Fsp3) is 0.333. The van der Waals surface area contributed by atoms with E-state index >= 15 is 0 Å². The molecular formula is C18H18Cl2N4OS. The Bertz CT molecular complexity index is 995. The van der Waals surface area contributed by atoms with Crippen molar-refractivity contribution in [1.82, 2.24) is 14.9 Å². The summed E-state index contributed by atoms with van der Waals surface area (Å²) in [6.45, 7) is 3.94. The molecule has 26 heavy (non-hydrogen) atoms. The van der Waals surface area contributed by atoms with E-state index in [0.29, 0.717) is 15.2 Å². The third kappa shape index (κ3) is 3.22. The first kappa shape index (κ1) is 17.8. The van der Waals surface area contributed by atoms with Gasteiger partial charge in [0.25, 0.3) is 0 Å². The zero-order valence-electron chi connectivity index (χ0n) is 14.2. The zero-order valence-corrected chi connectivity index (χ0v) is 16.6. The molecule has 1 aliphatic heterocycles. The minimum absolute atomic E-state index is 0.118. The minimum atomic E-state index is -0.118. The molecule has 0 radical (unpaired) electrons. The number of rotatable bonds is 3. The Morgan fingerprint density at radius 1 is 1.35 bits per heavy atom. The van der Waals surface area contributed by atoms with E-state index in [1.54, 1.807) is 6.20 Å². The van der Waals surface area contributed by atoms with Crippen LogP contribution in [0.25, 0.3) is 10.9 Å². The average Bonchev–Trinajstić information content (AvgIpc) is 3.02. The summed E-state index contributed by atoms with van der Waals surface area (Å²) in [6, 6.07) is 3.83. The predicted octanol–water partition coefficient (Wildman–Crippen LogP) is 4.04. The second kappa shape index (κ2) is 7.19. The summed E-state index contributed by atoms with van der Waals surface area (Å²) >= 11 is 14.2. The maximum Gasteiger partial charge on any atom is 0.246 e. The highest BCUT2D eigenvalue weighted by atomic mass is 35.5. The number of carbonyl (C=O) groups is 1. The van der Waals surface area contributed by atoms with Crippen LogP contribution in [0.3, 0.4) is 0 Å². The lowest BCUT2D eigenvalue weighted by atomic mass is 10.1. The summed E-state index contributed by atoms with van der Waals surface area (Å²) in [7, 11) is 0. The molecule has 136 valence electrons. The summed E-state index contributed by atoms with van der Waals surface area (Å²) < 4.78 is 2.02. The standard InChI is InChI=1S/C18H18Cl2N4OS/c1-10-8-22-18(26-10)23-15(25)9-24-14-5-7-21-6-4-11(14)12-2-3-13(19)16(20)17(12)24/h2-3,8,21H,4-7,9H2,1H3,(H,22,23,25). The highest BCUT2D eigenvalue weighted by molar-refractivity contribution is 7.15. The third-order valence-electron chi connectivity index (χ3n) is 4.60. The molecular weight excluding hydrogens is 391 g/mol. The van der Waals surface area contributed by atoms with Gasteiger partial charge in [-0.2, -0.15) is 0 Å². The summed E-state index contributed by atoms with van der Waals surface area (Å²) in [5, 5.41) is 8.99. The number of nitrogens with zero attached hydrogens (tertiary/aromatic N) is 2. The van der Waals surface area contributed by atoms with Crippen molar-refractivity contribution < 1.29 is 4.79 Å². The van der Waals surface area contributed by atoms with Gasteiger partial charge in [-0.15, -0.1) is 11.3 Å². The molecule has 0 aliphatic carbocycles. The van der Waals surface area contributed by atoms with E-state index < -0.39 is 0 Å². The molecule has 0 fully saturated rings. The van der Waals surface area contributed by atoms with Gasteiger partial charge < -0.3 is 15.2 Å².